The van der Waals surface area contributed by atoms with Crippen LogP contribution in [0.5, 0.6) is 0 Å². The fourth-order valence-corrected chi connectivity index (χ4v) is 7.95. The van der Waals surface area contributed by atoms with E-state index in [2.05, 4.69) is 19.2 Å². The number of hydrogen-bond acceptors (Lipinski definition) is 4. The van der Waals surface area contributed by atoms with E-state index >= 15 is 0 Å². The van der Waals surface area contributed by atoms with Crippen LogP contribution in [0.15, 0.2) is 12.2 Å². The van der Waals surface area contributed by atoms with Gasteiger partial charge in [-0.1, -0.05) is 270 Å². The molecule has 0 aliphatic heterocycles. The molecule has 0 bridgehead atoms. The number of carbonyl (C=O) groups is 1. The van der Waals surface area contributed by atoms with Gasteiger partial charge in [0.05, 0.1) is 18.8 Å². The molecule has 3 atom stereocenters. The number of carbonyl (C=O) groups excluding carboxylic acids is 1. The summed E-state index contributed by atoms with van der Waals surface area (Å²) in [6.45, 7) is 4.21. The third kappa shape index (κ3) is 41.1. The molecule has 0 heterocycles. The van der Waals surface area contributed by atoms with Gasteiger partial charge in [-0.2, -0.15) is 0 Å². The van der Waals surface area contributed by atoms with Crippen molar-refractivity contribution in [2.45, 2.75) is 295 Å². The van der Waals surface area contributed by atoms with Crippen molar-refractivity contribution in [1.82, 2.24) is 5.32 Å². The van der Waals surface area contributed by atoms with Crippen LogP contribution in [0, 0.1) is 0 Å². The summed E-state index contributed by atoms with van der Waals surface area (Å²) in [7, 11) is 0. The molecule has 328 valence electrons. The van der Waals surface area contributed by atoms with E-state index in [0.717, 1.165) is 32.1 Å². The Kier molecular flexibility index (Phi) is 45.0. The van der Waals surface area contributed by atoms with Crippen LogP contribution >= 0.6 is 0 Å². The second-order valence-corrected chi connectivity index (χ2v) is 17.4. The lowest BCUT2D eigenvalue weighted by atomic mass is 10.0. The van der Waals surface area contributed by atoms with E-state index in [9.17, 15) is 20.1 Å². The monoisotopic (exact) mass is 778 g/mol. The van der Waals surface area contributed by atoms with Gasteiger partial charge in [-0.3, -0.25) is 4.79 Å². The molecule has 0 saturated carbocycles. The number of rotatable bonds is 46. The summed E-state index contributed by atoms with van der Waals surface area (Å²) < 4.78 is 0. The number of aliphatic hydroxyl groups excluding tert-OH is 3. The third-order valence-corrected chi connectivity index (χ3v) is 11.9. The number of amides is 1. The summed E-state index contributed by atoms with van der Waals surface area (Å²) in [6.07, 6.45) is 55.5. The Hall–Kier alpha value is -0.910. The van der Waals surface area contributed by atoms with Crippen molar-refractivity contribution in [2.24, 2.45) is 0 Å². The van der Waals surface area contributed by atoms with Crippen LogP contribution in [-0.4, -0.2) is 46.1 Å². The molecule has 55 heavy (non-hydrogen) atoms. The normalized spacial score (nSPS) is 13.5. The molecule has 3 unspecified atom stereocenters. The predicted octanol–water partition coefficient (Wildman–Crippen LogP) is 14.8. The van der Waals surface area contributed by atoms with Gasteiger partial charge >= 0.3 is 0 Å². The topological polar surface area (TPSA) is 89.8 Å². The lowest BCUT2D eigenvalue weighted by Crippen LogP contribution is -2.48. The first-order chi connectivity index (χ1) is 27.1. The fourth-order valence-electron chi connectivity index (χ4n) is 7.95. The van der Waals surface area contributed by atoms with Gasteiger partial charge in [0.1, 0.15) is 6.10 Å². The van der Waals surface area contributed by atoms with Gasteiger partial charge in [-0.25, -0.2) is 0 Å². The van der Waals surface area contributed by atoms with Gasteiger partial charge in [0.15, 0.2) is 0 Å². The van der Waals surface area contributed by atoms with Crippen molar-refractivity contribution in [1.29, 1.82) is 0 Å². The Morgan fingerprint density at radius 1 is 0.436 bits per heavy atom. The number of allylic oxidation sites excluding steroid dienone is 1. The summed E-state index contributed by atoms with van der Waals surface area (Å²) >= 11 is 0. The number of nitrogens with one attached hydrogen (secondary N) is 1. The predicted molar refractivity (Wildman–Crippen MR) is 241 cm³/mol. The Morgan fingerprint density at radius 2 is 0.709 bits per heavy atom. The van der Waals surface area contributed by atoms with E-state index in [1.54, 1.807) is 6.08 Å². The van der Waals surface area contributed by atoms with E-state index < -0.39 is 24.2 Å². The average Bonchev–Trinajstić information content (AvgIpc) is 3.19. The molecule has 0 aromatic heterocycles. The molecule has 1 amide bonds. The van der Waals surface area contributed by atoms with Crippen LogP contribution < -0.4 is 5.32 Å². The van der Waals surface area contributed by atoms with Crippen LogP contribution in [0.25, 0.3) is 0 Å². The van der Waals surface area contributed by atoms with E-state index in [0.29, 0.717) is 6.42 Å². The lowest BCUT2D eigenvalue weighted by molar-refractivity contribution is -0.131. The fraction of sp³-hybridized carbons (Fsp3) is 0.940. The summed E-state index contributed by atoms with van der Waals surface area (Å²) in [5, 5.41) is 33.3. The van der Waals surface area contributed by atoms with Gasteiger partial charge < -0.3 is 20.6 Å². The molecule has 5 heteroatoms. The molecule has 0 aromatic carbocycles. The highest BCUT2D eigenvalue weighted by atomic mass is 16.3. The summed E-state index contributed by atoms with van der Waals surface area (Å²) in [6, 6.07) is -0.793. The second kappa shape index (κ2) is 45.8. The van der Waals surface area contributed by atoms with Gasteiger partial charge in [0, 0.05) is 0 Å². The summed E-state index contributed by atoms with van der Waals surface area (Å²) in [4.78, 5) is 12.5. The minimum Gasteiger partial charge on any atom is -0.394 e. The molecule has 0 aromatic rings. The molecule has 0 fully saturated rings. The van der Waals surface area contributed by atoms with Crippen LogP contribution in [0.2, 0.25) is 0 Å². The lowest BCUT2D eigenvalue weighted by Gasteiger charge is -2.21. The first kappa shape index (κ1) is 54.1. The van der Waals surface area contributed by atoms with Gasteiger partial charge in [0.2, 0.25) is 5.91 Å². The number of hydrogen-bond donors (Lipinski definition) is 4. The zero-order valence-corrected chi connectivity index (χ0v) is 37.3. The summed E-state index contributed by atoms with van der Waals surface area (Å²) in [5.41, 5.74) is 0. The molecular weight excluding hydrogens is 679 g/mol. The van der Waals surface area contributed by atoms with E-state index in [1.165, 1.54) is 225 Å². The quantitative estimate of drug-likeness (QED) is 0.0366. The van der Waals surface area contributed by atoms with E-state index in [-0.39, 0.29) is 6.61 Å². The van der Waals surface area contributed by atoms with Crippen molar-refractivity contribution < 1.29 is 20.1 Å². The van der Waals surface area contributed by atoms with Crippen molar-refractivity contribution in [2.75, 3.05) is 6.61 Å². The molecule has 0 rings (SSSR count). The van der Waals surface area contributed by atoms with Gasteiger partial charge in [-0.05, 0) is 19.3 Å². The van der Waals surface area contributed by atoms with Crippen molar-refractivity contribution in [3.63, 3.8) is 0 Å². The highest BCUT2D eigenvalue weighted by Crippen LogP contribution is 2.17. The highest BCUT2D eigenvalue weighted by Gasteiger charge is 2.22. The van der Waals surface area contributed by atoms with Crippen LogP contribution in [-0.2, 0) is 4.79 Å². The van der Waals surface area contributed by atoms with Crippen molar-refractivity contribution in [3.8, 4) is 0 Å². The molecule has 5 nitrogen and oxygen atoms in total. The average molecular weight is 778 g/mol. The second-order valence-electron chi connectivity index (χ2n) is 17.4. The van der Waals surface area contributed by atoms with Crippen LogP contribution in [0.4, 0.5) is 0 Å². The zero-order valence-electron chi connectivity index (χ0n) is 37.3. The first-order valence-electron chi connectivity index (χ1n) is 25.0. The van der Waals surface area contributed by atoms with E-state index in [4.69, 9.17) is 0 Å². The smallest absolute Gasteiger partial charge is 0.249 e. The SMILES string of the molecule is CCCCCCCCCCCCCCCCCCCC/C=C/C(O)C(CO)NC(=O)C(O)CCCCCCCCCCCCCCCCCCCCCCC. The maximum atomic E-state index is 12.5. The standard InChI is InChI=1S/C50H99NO4/c1-3-5-7-9-11-13-15-17-19-21-23-25-27-29-31-33-35-37-39-41-43-45-49(54)50(55)51-47(46-52)48(53)44-42-40-38-36-34-32-30-28-26-24-22-20-18-16-14-12-10-8-6-4-2/h42,44,47-49,52-54H,3-41,43,45-46H2,1-2H3,(H,51,55)/b44-42+. The number of unbranched alkanes of at least 4 members (excludes halogenated alkanes) is 38. The zero-order chi connectivity index (χ0) is 40.1. The van der Waals surface area contributed by atoms with Crippen molar-refractivity contribution in [3.05, 3.63) is 12.2 Å². The Labute approximate surface area is 344 Å². The molecule has 0 aliphatic rings. The maximum absolute atomic E-state index is 12.5. The van der Waals surface area contributed by atoms with Crippen molar-refractivity contribution >= 4 is 5.91 Å². The first-order valence-corrected chi connectivity index (χ1v) is 25.0. The summed E-state index contributed by atoms with van der Waals surface area (Å²) in [5.74, 6) is -0.497. The number of aliphatic hydroxyl groups is 3. The Balaban J connectivity index is 3.59. The minimum absolute atomic E-state index is 0.359. The van der Waals surface area contributed by atoms with Crippen LogP contribution in [0.1, 0.15) is 277 Å². The maximum Gasteiger partial charge on any atom is 0.249 e. The molecule has 0 radical (unpaired) electrons. The third-order valence-electron chi connectivity index (χ3n) is 11.9. The molecule has 0 aliphatic carbocycles. The van der Waals surface area contributed by atoms with Gasteiger partial charge in [0.25, 0.3) is 0 Å². The Morgan fingerprint density at radius 3 is 1.00 bits per heavy atom. The van der Waals surface area contributed by atoms with E-state index in [1.807, 2.05) is 6.08 Å². The van der Waals surface area contributed by atoms with Crippen LogP contribution in [0.3, 0.4) is 0 Å². The molecule has 0 saturated heterocycles. The highest BCUT2D eigenvalue weighted by molar-refractivity contribution is 5.80. The molecule has 0 spiro atoms. The minimum atomic E-state index is -1.09. The molecular formula is C50H99NO4. The largest absolute Gasteiger partial charge is 0.394 e. The molecule has 4 N–H and O–H groups in total. The van der Waals surface area contributed by atoms with Gasteiger partial charge in [-0.15, -0.1) is 0 Å². The Bertz CT molecular complexity index is 773.